The summed E-state index contributed by atoms with van der Waals surface area (Å²) in [5.74, 6) is 0. The van der Waals surface area contributed by atoms with Crippen LogP contribution in [0.15, 0.2) is 35.5 Å². The number of pyridine rings is 1. The Morgan fingerprint density at radius 3 is 2.85 bits per heavy atom. The topological polar surface area (TPSA) is 69.0 Å². The molecule has 0 aromatic carbocycles. The van der Waals surface area contributed by atoms with Crippen molar-refractivity contribution >= 4 is 17.3 Å². The van der Waals surface area contributed by atoms with Crippen molar-refractivity contribution in [1.82, 2.24) is 14.8 Å². The number of nitrogens with one attached hydrogen (secondary N) is 1. The average Bonchev–Trinajstić information content (AvgIpc) is 2.49. The van der Waals surface area contributed by atoms with Gasteiger partial charge in [-0.05, 0) is 17.7 Å². The summed E-state index contributed by atoms with van der Waals surface area (Å²) in [5.41, 5.74) is 1.23. The summed E-state index contributed by atoms with van der Waals surface area (Å²) in [4.78, 5) is 15.9. The number of methoxy groups -OCH3 is 1. The highest BCUT2D eigenvalue weighted by Gasteiger charge is 2.08. The summed E-state index contributed by atoms with van der Waals surface area (Å²) in [6.45, 7) is 1.33. The van der Waals surface area contributed by atoms with Crippen LogP contribution >= 0.6 is 11.6 Å². The van der Waals surface area contributed by atoms with Gasteiger partial charge >= 0.3 is 0 Å². The molecule has 2 rings (SSSR count). The van der Waals surface area contributed by atoms with E-state index < -0.39 is 0 Å². The highest BCUT2D eigenvalue weighted by Crippen LogP contribution is 2.16. The number of hydrogen-bond donors (Lipinski definition) is 1. The number of hydrogen-bond acceptors (Lipinski definition) is 5. The Morgan fingerprint density at radius 1 is 1.40 bits per heavy atom. The highest BCUT2D eigenvalue weighted by molar-refractivity contribution is 6.32. The summed E-state index contributed by atoms with van der Waals surface area (Å²) in [7, 11) is 1.57. The number of rotatable bonds is 6. The van der Waals surface area contributed by atoms with E-state index in [-0.39, 0.29) is 10.6 Å². The number of aromatic nitrogens is 3. The Labute approximate surface area is 121 Å². The fourth-order valence-corrected chi connectivity index (χ4v) is 1.84. The Bertz CT molecular complexity index is 616. The van der Waals surface area contributed by atoms with E-state index in [0.717, 1.165) is 5.56 Å². The first-order chi connectivity index (χ1) is 9.72. The smallest absolute Gasteiger partial charge is 0.287 e. The maximum atomic E-state index is 12.0. The molecular formula is C13H15ClN4O2. The van der Waals surface area contributed by atoms with Gasteiger partial charge in [-0.25, -0.2) is 4.68 Å². The van der Waals surface area contributed by atoms with Gasteiger partial charge in [0.15, 0.2) is 0 Å². The van der Waals surface area contributed by atoms with Crippen LogP contribution in [-0.4, -0.2) is 28.5 Å². The van der Waals surface area contributed by atoms with Gasteiger partial charge in [0.1, 0.15) is 5.02 Å². The largest absolute Gasteiger partial charge is 0.383 e. The van der Waals surface area contributed by atoms with Gasteiger partial charge in [-0.1, -0.05) is 11.6 Å². The molecule has 0 atom stereocenters. The van der Waals surface area contributed by atoms with Gasteiger partial charge in [0.05, 0.1) is 25.0 Å². The molecule has 0 spiro atoms. The van der Waals surface area contributed by atoms with Crippen molar-refractivity contribution in [3.63, 3.8) is 0 Å². The van der Waals surface area contributed by atoms with Crippen LogP contribution in [0.2, 0.25) is 5.02 Å². The number of anilines is 1. The maximum Gasteiger partial charge on any atom is 0.287 e. The van der Waals surface area contributed by atoms with Crippen LogP contribution in [0.1, 0.15) is 5.56 Å². The van der Waals surface area contributed by atoms with E-state index in [0.29, 0.717) is 25.4 Å². The lowest BCUT2D eigenvalue weighted by Crippen LogP contribution is -2.26. The molecular weight excluding hydrogens is 280 g/mol. The van der Waals surface area contributed by atoms with Crippen molar-refractivity contribution in [3.05, 3.63) is 51.7 Å². The van der Waals surface area contributed by atoms with Crippen molar-refractivity contribution in [3.8, 4) is 0 Å². The van der Waals surface area contributed by atoms with Crippen LogP contribution in [0.3, 0.4) is 0 Å². The molecule has 106 valence electrons. The fourth-order valence-electron chi connectivity index (χ4n) is 1.62. The van der Waals surface area contributed by atoms with E-state index in [4.69, 9.17) is 16.3 Å². The monoisotopic (exact) mass is 294 g/mol. The number of nitrogens with zero attached hydrogens (tertiary/aromatic N) is 3. The Kier molecular flexibility index (Phi) is 5.09. The third kappa shape index (κ3) is 3.55. The molecule has 0 unspecified atom stereocenters. The second kappa shape index (κ2) is 7.02. The lowest BCUT2D eigenvalue weighted by atomic mass is 10.2. The highest BCUT2D eigenvalue weighted by atomic mass is 35.5. The number of ether oxygens (including phenoxy) is 1. The molecule has 0 saturated carbocycles. The molecule has 0 aliphatic rings. The Hall–Kier alpha value is -1.92. The molecule has 6 nitrogen and oxygen atoms in total. The molecule has 0 aliphatic carbocycles. The Balaban J connectivity index is 2.09. The van der Waals surface area contributed by atoms with Gasteiger partial charge < -0.3 is 10.1 Å². The summed E-state index contributed by atoms with van der Waals surface area (Å²) >= 11 is 6.05. The minimum Gasteiger partial charge on any atom is -0.383 e. The second-order valence-electron chi connectivity index (χ2n) is 4.10. The summed E-state index contributed by atoms with van der Waals surface area (Å²) in [6.07, 6.45) is 4.96. The van der Waals surface area contributed by atoms with E-state index in [1.807, 2.05) is 12.1 Å². The van der Waals surface area contributed by atoms with Crippen molar-refractivity contribution < 1.29 is 4.74 Å². The van der Waals surface area contributed by atoms with Gasteiger partial charge in [0.25, 0.3) is 5.56 Å². The van der Waals surface area contributed by atoms with Crippen LogP contribution < -0.4 is 10.9 Å². The standard InChI is InChI=1S/C13H15ClN4O2/c1-20-7-6-18-13(19)12(14)11(9-17-18)16-8-10-2-4-15-5-3-10/h2-5,9,16H,6-8H2,1H3. The quantitative estimate of drug-likeness (QED) is 0.875. The van der Waals surface area contributed by atoms with E-state index >= 15 is 0 Å². The van der Waals surface area contributed by atoms with E-state index in [2.05, 4.69) is 15.4 Å². The van der Waals surface area contributed by atoms with E-state index in [9.17, 15) is 4.79 Å². The molecule has 0 bridgehead atoms. The predicted molar refractivity (Wildman–Crippen MR) is 76.9 cm³/mol. The first-order valence-corrected chi connectivity index (χ1v) is 6.47. The van der Waals surface area contributed by atoms with Crippen LogP contribution in [0.5, 0.6) is 0 Å². The van der Waals surface area contributed by atoms with Crippen LogP contribution in [0.4, 0.5) is 5.69 Å². The minimum atomic E-state index is -0.330. The van der Waals surface area contributed by atoms with Crippen LogP contribution in [-0.2, 0) is 17.8 Å². The van der Waals surface area contributed by atoms with Crippen molar-refractivity contribution in [2.45, 2.75) is 13.1 Å². The van der Waals surface area contributed by atoms with Crippen LogP contribution in [0, 0.1) is 0 Å². The van der Waals surface area contributed by atoms with Crippen molar-refractivity contribution in [2.75, 3.05) is 19.0 Å². The first-order valence-electron chi connectivity index (χ1n) is 6.09. The maximum absolute atomic E-state index is 12.0. The van der Waals surface area contributed by atoms with Gasteiger partial charge in [-0.3, -0.25) is 9.78 Å². The van der Waals surface area contributed by atoms with Gasteiger partial charge in [0, 0.05) is 26.0 Å². The third-order valence-corrected chi connectivity index (χ3v) is 3.09. The SMILES string of the molecule is COCCn1ncc(NCc2ccncc2)c(Cl)c1=O. The minimum absolute atomic E-state index is 0.130. The van der Waals surface area contributed by atoms with Gasteiger partial charge in [0.2, 0.25) is 0 Å². The lowest BCUT2D eigenvalue weighted by molar-refractivity contribution is 0.182. The normalized spacial score (nSPS) is 10.5. The zero-order valence-corrected chi connectivity index (χ0v) is 11.8. The van der Waals surface area contributed by atoms with E-state index in [1.54, 1.807) is 25.7 Å². The molecule has 0 radical (unpaired) electrons. The van der Waals surface area contributed by atoms with Gasteiger partial charge in [-0.15, -0.1) is 0 Å². The Morgan fingerprint density at radius 2 is 2.15 bits per heavy atom. The lowest BCUT2D eigenvalue weighted by Gasteiger charge is -2.10. The summed E-state index contributed by atoms with van der Waals surface area (Å²) in [6, 6.07) is 3.77. The molecule has 20 heavy (non-hydrogen) atoms. The summed E-state index contributed by atoms with van der Waals surface area (Å²) < 4.78 is 6.19. The van der Waals surface area contributed by atoms with E-state index in [1.165, 1.54) is 4.68 Å². The fraction of sp³-hybridized carbons (Fsp3) is 0.308. The van der Waals surface area contributed by atoms with Gasteiger partial charge in [-0.2, -0.15) is 5.10 Å². The molecule has 2 heterocycles. The third-order valence-electron chi connectivity index (χ3n) is 2.72. The molecule has 2 aromatic rings. The average molecular weight is 295 g/mol. The first kappa shape index (κ1) is 14.5. The molecule has 0 aliphatic heterocycles. The molecule has 2 aromatic heterocycles. The second-order valence-corrected chi connectivity index (χ2v) is 4.48. The zero-order valence-electron chi connectivity index (χ0n) is 11.0. The predicted octanol–water partition coefficient (Wildman–Crippen LogP) is 1.55. The van der Waals surface area contributed by atoms with Crippen molar-refractivity contribution in [1.29, 1.82) is 0 Å². The molecule has 7 heteroatoms. The zero-order chi connectivity index (χ0) is 14.4. The number of halogens is 1. The molecule has 0 saturated heterocycles. The molecule has 0 amide bonds. The summed E-state index contributed by atoms with van der Waals surface area (Å²) in [5, 5.41) is 7.27. The molecule has 0 fully saturated rings. The van der Waals surface area contributed by atoms with Crippen molar-refractivity contribution in [2.24, 2.45) is 0 Å². The molecule has 1 N–H and O–H groups in total. The van der Waals surface area contributed by atoms with Crippen LogP contribution in [0.25, 0.3) is 0 Å².